The lowest BCUT2D eigenvalue weighted by molar-refractivity contribution is 0.410. The maximum absolute atomic E-state index is 5.34. The van der Waals surface area contributed by atoms with Gasteiger partial charge in [-0.3, -0.25) is 0 Å². The Bertz CT molecular complexity index is 378. The highest BCUT2D eigenvalue weighted by Crippen LogP contribution is 2.24. The fourth-order valence-corrected chi connectivity index (χ4v) is 1.71. The molecule has 1 aromatic carbocycles. The molecule has 0 amide bonds. The van der Waals surface area contributed by atoms with Crippen molar-refractivity contribution < 1.29 is 4.74 Å². The van der Waals surface area contributed by atoms with Gasteiger partial charge < -0.3 is 10.1 Å². The van der Waals surface area contributed by atoms with Gasteiger partial charge in [-0.15, -0.1) is 0 Å². The van der Waals surface area contributed by atoms with E-state index in [1.807, 2.05) is 7.05 Å². The predicted octanol–water partition coefficient (Wildman–Crippen LogP) is 3.23. The molecule has 88 valence electrons. The number of ether oxygens (including phenoxy) is 1. The molecule has 0 aliphatic heterocycles. The first kappa shape index (κ1) is 12.8. The molecular formula is C14H21NO. The second kappa shape index (κ2) is 5.71. The first-order valence-electron chi connectivity index (χ1n) is 5.55. The van der Waals surface area contributed by atoms with Crippen LogP contribution in [0, 0.1) is 6.92 Å². The minimum Gasteiger partial charge on any atom is -0.496 e. The van der Waals surface area contributed by atoms with Gasteiger partial charge in [0.15, 0.2) is 0 Å². The zero-order chi connectivity index (χ0) is 12.1. The number of allylic oxidation sites excluding steroid dienone is 1. The highest BCUT2D eigenvalue weighted by Gasteiger charge is 2.08. The molecule has 0 aromatic heterocycles. The SMILES string of the molecule is CNC(C=C(C)C)c1ccc(C)c(OC)c1. The number of likely N-dealkylation sites (N-methyl/N-ethyl adjacent to an activating group) is 1. The zero-order valence-corrected chi connectivity index (χ0v) is 10.8. The van der Waals surface area contributed by atoms with E-state index in [1.165, 1.54) is 16.7 Å². The largest absolute Gasteiger partial charge is 0.496 e. The molecular weight excluding hydrogens is 198 g/mol. The zero-order valence-electron chi connectivity index (χ0n) is 10.8. The van der Waals surface area contributed by atoms with Gasteiger partial charge in [-0.1, -0.05) is 23.8 Å². The van der Waals surface area contributed by atoms with Crippen molar-refractivity contribution in [2.24, 2.45) is 0 Å². The summed E-state index contributed by atoms with van der Waals surface area (Å²) in [6.07, 6.45) is 2.21. The molecule has 2 nitrogen and oxygen atoms in total. The van der Waals surface area contributed by atoms with E-state index < -0.39 is 0 Å². The van der Waals surface area contributed by atoms with Crippen molar-refractivity contribution in [2.75, 3.05) is 14.2 Å². The Morgan fingerprint density at radius 3 is 2.56 bits per heavy atom. The van der Waals surface area contributed by atoms with Gasteiger partial charge in [0.1, 0.15) is 5.75 Å². The molecule has 2 heteroatoms. The Morgan fingerprint density at radius 1 is 1.38 bits per heavy atom. The van der Waals surface area contributed by atoms with E-state index in [-0.39, 0.29) is 6.04 Å². The Kier molecular flexibility index (Phi) is 4.56. The molecule has 1 N–H and O–H groups in total. The second-order valence-electron chi connectivity index (χ2n) is 4.24. The summed E-state index contributed by atoms with van der Waals surface area (Å²) in [5, 5.41) is 3.29. The van der Waals surface area contributed by atoms with Crippen LogP contribution in [0.25, 0.3) is 0 Å². The highest BCUT2D eigenvalue weighted by molar-refractivity contribution is 5.39. The number of nitrogens with one attached hydrogen (secondary N) is 1. The molecule has 1 atom stereocenters. The van der Waals surface area contributed by atoms with Gasteiger partial charge in [0, 0.05) is 0 Å². The van der Waals surface area contributed by atoms with Crippen molar-refractivity contribution in [1.82, 2.24) is 5.32 Å². The third-order valence-corrected chi connectivity index (χ3v) is 2.60. The van der Waals surface area contributed by atoms with Crippen LogP contribution in [0.4, 0.5) is 0 Å². The Balaban J connectivity index is 3.06. The monoisotopic (exact) mass is 219 g/mol. The maximum atomic E-state index is 5.34. The van der Waals surface area contributed by atoms with Gasteiger partial charge in [0.2, 0.25) is 0 Å². The lowest BCUT2D eigenvalue weighted by Crippen LogP contribution is -2.14. The molecule has 1 unspecified atom stereocenters. The summed E-state index contributed by atoms with van der Waals surface area (Å²) < 4.78 is 5.34. The van der Waals surface area contributed by atoms with Gasteiger partial charge in [-0.2, -0.15) is 0 Å². The minimum atomic E-state index is 0.250. The fraction of sp³-hybridized carbons (Fsp3) is 0.429. The van der Waals surface area contributed by atoms with Crippen molar-refractivity contribution >= 4 is 0 Å². The summed E-state index contributed by atoms with van der Waals surface area (Å²) in [4.78, 5) is 0. The van der Waals surface area contributed by atoms with Gasteiger partial charge in [-0.05, 0) is 45.0 Å². The lowest BCUT2D eigenvalue weighted by Gasteiger charge is -2.15. The Hall–Kier alpha value is -1.28. The summed E-state index contributed by atoms with van der Waals surface area (Å²) in [5.74, 6) is 0.944. The highest BCUT2D eigenvalue weighted by atomic mass is 16.5. The quantitative estimate of drug-likeness (QED) is 0.785. The van der Waals surface area contributed by atoms with Crippen LogP contribution in [0.15, 0.2) is 29.8 Å². The van der Waals surface area contributed by atoms with Gasteiger partial charge in [-0.25, -0.2) is 0 Å². The average Bonchev–Trinajstić information content (AvgIpc) is 2.26. The van der Waals surface area contributed by atoms with E-state index in [0.717, 1.165) is 5.75 Å². The summed E-state index contributed by atoms with van der Waals surface area (Å²) in [5.41, 5.74) is 3.70. The number of rotatable bonds is 4. The third-order valence-electron chi connectivity index (χ3n) is 2.60. The normalized spacial score (nSPS) is 12.1. The van der Waals surface area contributed by atoms with E-state index in [4.69, 9.17) is 4.74 Å². The number of methoxy groups -OCH3 is 1. The number of hydrogen-bond donors (Lipinski definition) is 1. The van der Waals surface area contributed by atoms with Gasteiger partial charge in [0.05, 0.1) is 13.2 Å². The van der Waals surface area contributed by atoms with Crippen LogP contribution in [0.5, 0.6) is 5.75 Å². The minimum absolute atomic E-state index is 0.250. The van der Waals surface area contributed by atoms with Crippen molar-refractivity contribution in [2.45, 2.75) is 26.8 Å². The molecule has 0 heterocycles. The van der Waals surface area contributed by atoms with Crippen molar-refractivity contribution in [1.29, 1.82) is 0 Å². The van der Waals surface area contributed by atoms with Crippen LogP contribution in [0.3, 0.4) is 0 Å². The molecule has 1 rings (SSSR count). The molecule has 0 aliphatic rings. The lowest BCUT2D eigenvalue weighted by atomic mass is 10.0. The first-order valence-corrected chi connectivity index (χ1v) is 5.55. The molecule has 0 bridgehead atoms. The summed E-state index contributed by atoms with van der Waals surface area (Å²) >= 11 is 0. The first-order chi connectivity index (χ1) is 7.58. The van der Waals surface area contributed by atoms with Crippen LogP contribution in [-0.2, 0) is 0 Å². The fourth-order valence-electron chi connectivity index (χ4n) is 1.71. The van der Waals surface area contributed by atoms with Crippen LogP contribution in [0.2, 0.25) is 0 Å². The van der Waals surface area contributed by atoms with E-state index in [1.54, 1.807) is 7.11 Å². The van der Waals surface area contributed by atoms with Crippen molar-refractivity contribution in [3.63, 3.8) is 0 Å². The Labute approximate surface area is 98.3 Å². The molecule has 0 aliphatic carbocycles. The van der Waals surface area contributed by atoms with E-state index in [9.17, 15) is 0 Å². The third kappa shape index (κ3) is 3.11. The molecule has 1 aromatic rings. The van der Waals surface area contributed by atoms with E-state index >= 15 is 0 Å². The number of benzene rings is 1. The maximum Gasteiger partial charge on any atom is 0.122 e. The van der Waals surface area contributed by atoms with Crippen molar-refractivity contribution in [3.05, 3.63) is 41.0 Å². The predicted molar refractivity (Wildman–Crippen MR) is 69.0 cm³/mol. The summed E-state index contributed by atoms with van der Waals surface area (Å²) in [6.45, 7) is 6.27. The Morgan fingerprint density at radius 2 is 2.06 bits per heavy atom. The number of hydrogen-bond acceptors (Lipinski definition) is 2. The topological polar surface area (TPSA) is 21.3 Å². The summed E-state index contributed by atoms with van der Waals surface area (Å²) in [6, 6.07) is 6.57. The molecule has 0 radical (unpaired) electrons. The van der Waals surface area contributed by atoms with E-state index in [2.05, 4.69) is 50.4 Å². The molecule has 0 saturated heterocycles. The van der Waals surface area contributed by atoms with Gasteiger partial charge >= 0.3 is 0 Å². The van der Waals surface area contributed by atoms with E-state index in [0.29, 0.717) is 0 Å². The van der Waals surface area contributed by atoms with Crippen LogP contribution in [-0.4, -0.2) is 14.2 Å². The van der Waals surface area contributed by atoms with Crippen LogP contribution < -0.4 is 10.1 Å². The average molecular weight is 219 g/mol. The standard InChI is InChI=1S/C14H21NO/c1-10(2)8-13(15-4)12-7-6-11(3)14(9-12)16-5/h6-9,13,15H,1-5H3. The van der Waals surface area contributed by atoms with Gasteiger partial charge in [0.25, 0.3) is 0 Å². The molecule has 0 fully saturated rings. The van der Waals surface area contributed by atoms with Crippen LogP contribution >= 0.6 is 0 Å². The van der Waals surface area contributed by atoms with Crippen molar-refractivity contribution in [3.8, 4) is 5.75 Å². The molecule has 16 heavy (non-hydrogen) atoms. The molecule has 0 saturated carbocycles. The smallest absolute Gasteiger partial charge is 0.122 e. The number of aryl methyl sites for hydroxylation is 1. The second-order valence-corrected chi connectivity index (χ2v) is 4.24. The summed E-state index contributed by atoms with van der Waals surface area (Å²) in [7, 11) is 3.68. The van der Waals surface area contributed by atoms with Crippen LogP contribution in [0.1, 0.15) is 31.0 Å². The molecule has 0 spiro atoms.